The Labute approximate surface area is 57.6 Å². The second-order valence-corrected chi connectivity index (χ2v) is 3.98. The molecular formula is C8H17N. The minimum Gasteiger partial charge on any atom is -0.328 e. The van der Waals surface area contributed by atoms with Gasteiger partial charge < -0.3 is 5.73 Å². The normalized spacial score (nSPS) is 43.0. The molecule has 54 valence electrons. The van der Waals surface area contributed by atoms with Gasteiger partial charge >= 0.3 is 0 Å². The molecule has 1 aliphatic rings. The molecule has 0 saturated heterocycles. The topological polar surface area (TPSA) is 26.0 Å². The molecule has 1 saturated carbocycles. The van der Waals surface area contributed by atoms with E-state index < -0.39 is 0 Å². The molecule has 1 nitrogen and oxygen atoms in total. The molecule has 1 fully saturated rings. The molecule has 0 aromatic carbocycles. The fraction of sp³-hybridized carbons (Fsp3) is 1.00. The Kier molecular flexibility index (Phi) is 1.55. The summed E-state index contributed by atoms with van der Waals surface area (Å²) in [6, 6.07) is 0.498. The first-order valence-electron chi connectivity index (χ1n) is 3.80. The van der Waals surface area contributed by atoms with Gasteiger partial charge in [0, 0.05) is 6.04 Å². The van der Waals surface area contributed by atoms with Crippen molar-refractivity contribution in [3.63, 3.8) is 0 Å². The average Bonchev–Trinajstić information content (AvgIpc) is 1.62. The van der Waals surface area contributed by atoms with E-state index >= 15 is 0 Å². The van der Waals surface area contributed by atoms with Gasteiger partial charge in [-0.05, 0) is 24.2 Å². The summed E-state index contributed by atoms with van der Waals surface area (Å²) in [5.41, 5.74) is 6.26. The van der Waals surface area contributed by atoms with Crippen LogP contribution in [0.25, 0.3) is 0 Å². The Morgan fingerprint density at radius 3 is 2.00 bits per heavy atom. The van der Waals surface area contributed by atoms with Gasteiger partial charge in [-0.2, -0.15) is 0 Å². The number of hydrogen-bond donors (Lipinski definition) is 1. The van der Waals surface area contributed by atoms with E-state index in [1.807, 2.05) is 0 Å². The molecule has 2 N–H and O–H groups in total. The van der Waals surface area contributed by atoms with Crippen LogP contribution in [0, 0.1) is 11.3 Å². The van der Waals surface area contributed by atoms with Crippen LogP contribution in [-0.2, 0) is 0 Å². The maximum Gasteiger partial charge on any atom is 0.00494 e. The molecule has 0 aromatic rings. The van der Waals surface area contributed by atoms with Crippen LogP contribution in [0.1, 0.15) is 33.6 Å². The first kappa shape index (κ1) is 7.07. The highest BCUT2D eigenvalue weighted by Gasteiger charge is 2.40. The fourth-order valence-electron chi connectivity index (χ4n) is 1.61. The highest BCUT2D eigenvalue weighted by molar-refractivity contribution is 4.94. The molecule has 0 aromatic heterocycles. The molecule has 0 amide bonds. The molecule has 1 heteroatoms. The van der Waals surface area contributed by atoms with E-state index in [0.717, 1.165) is 5.92 Å². The molecule has 0 heterocycles. The van der Waals surface area contributed by atoms with Crippen molar-refractivity contribution in [3.05, 3.63) is 0 Å². The summed E-state index contributed by atoms with van der Waals surface area (Å²) < 4.78 is 0. The van der Waals surface area contributed by atoms with E-state index in [2.05, 4.69) is 20.8 Å². The largest absolute Gasteiger partial charge is 0.328 e. The van der Waals surface area contributed by atoms with Gasteiger partial charge in [0.2, 0.25) is 0 Å². The van der Waals surface area contributed by atoms with E-state index in [1.165, 1.54) is 12.8 Å². The van der Waals surface area contributed by atoms with Crippen molar-refractivity contribution in [1.29, 1.82) is 0 Å². The number of hydrogen-bond acceptors (Lipinski definition) is 1. The van der Waals surface area contributed by atoms with Crippen LogP contribution in [0.3, 0.4) is 0 Å². The lowest BCUT2D eigenvalue weighted by molar-refractivity contribution is 0.0690. The van der Waals surface area contributed by atoms with E-state index in [9.17, 15) is 0 Å². The van der Waals surface area contributed by atoms with Crippen molar-refractivity contribution in [2.75, 3.05) is 0 Å². The maximum absolute atomic E-state index is 5.69. The lowest BCUT2D eigenvalue weighted by Crippen LogP contribution is -2.47. The van der Waals surface area contributed by atoms with Crippen molar-refractivity contribution >= 4 is 0 Å². The minimum absolute atomic E-state index is 0.498. The third kappa shape index (κ3) is 1.11. The van der Waals surface area contributed by atoms with Crippen LogP contribution in [0.15, 0.2) is 0 Å². The van der Waals surface area contributed by atoms with Crippen molar-refractivity contribution < 1.29 is 0 Å². The smallest absolute Gasteiger partial charge is 0.00494 e. The van der Waals surface area contributed by atoms with Gasteiger partial charge in [0.15, 0.2) is 0 Å². The molecule has 0 bridgehead atoms. The van der Waals surface area contributed by atoms with Crippen LogP contribution in [-0.4, -0.2) is 6.04 Å². The Morgan fingerprint density at radius 1 is 1.44 bits per heavy atom. The fourth-order valence-corrected chi connectivity index (χ4v) is 1.61. The zero-order valence-corrected chi connectivity index (χ0v) is 6.65. The molecule has 0 unspecified atom stereocenters. The Morgan fingerprint density at radius 2 is 1.89 bits per heavy atom. The first-order valence-corrected chi connectivity index (χ1v) is 3.80. The van der Waals surface area contributed by atoms with Gasteiger partial charge in [-0.1, -0.05) is 20.8 Å². The van der Waals surface area contributed by atoms with Crippen LogP contribution in [0.2, 0.25) is 0 Å². The van der Waals surface area contributed by atoms with Gasteiger partial charge in [-0.15, -0.1) is 0 Å². The van der Waals surface area contributed by atoms with Crippen molar-refractivity contribution in [1.82, 2.24) is 0 Å². The summed E-state index contributed by atoms with van der Waals surface area (Å²) in [4.78, 5) is 0. The molecule has 1 aliphatic carbocycles. The van der Waals surface area contributed by atoms with E-state index in [4.69, 9.17) is 5.73 Å². The van der Waals surface area contributed by atoms with Gasteiger partial charge in [0.05, 0.1) is 0 Å². The van der Waals surface area contributed by atoms with Gasteiger partial charge in [-0.25, -0.2) is 0 Å². The Bertz CT molecular complexity index is 101. The number of nitrogens with two attached hydrogens (primary N) is 1. The SMILES string of the molecule is CC(C)C1(C)CC(N)C1. The van der Waals surface area contributed by atoms with E-state index in [1.54, 1.807) is 0 Å². The average molecular weight is 127 g/mol. The summed E-state index contributed by atoms with van der Waals surface area (Å²) in [6.07, 6.45) is 2.45. The maximum atomic E-state index is 5.69. The third-order valence-electron chi connectivity index (χ3n) is 2.85. The standard InChI is InChI=1S/C8H17N/c1-6(2)8(3)4-7(9)5-8/h6-7H,4-5,9H2,1-3H3. The molecular weight excluding hydrogens is 110 g/mol. The summed E-state index contributed by atoms with van der Waals surface area (Å²) >= 11 is 0. The van der Waals surface area contributed by atoms with Gasteiger partial charge in [0.25, 0.3) is 0 Å². The highest BCUT2D eigenvalue weighted by atomic mass is 14.7. The minimum atomic E-state index is 0.498. The van der Waals surface area contributed by atoms with Gasteiger partial charge in [-0.3, -0.25) is 0 Å². The predicted octanol–water partition coefficient (Wildman–Crippen LogP) is 1.77. The van der Waals surface area contributed by atoms with Crippen LogP contribution in [0.4, 0.5) is 0 Å². The monoisotopic (exact) mass is 127 g/mol. The Balaban J connectivity index is 2.40. The van der Waals surface area contributed by atoms with Crippen molar-refractivity contribution in [3.8, 4) is 0 Å². The lowest BCUT2D eigenvalue weighted by atomic mass is 9.61. The number of rotatable bonds is 1. The van der Waals surface area contributed by atoms with E-state index in [-0.39, 0.29) is 0 Å². The first-order chi connectivity index (χ1) is 4.04. The summed E-state index contributed by atoms with van der Waals surface area (Å²) in [6.45, 7) is 6.90. The molecule has 9 heavy (non-hydrogen) atoms. The second-order valence-electron chi connectivity index (χ2n) is 3.98. The zero-order valence-electron chi connectivity index (χ0n) is 6.65. The highest BCUT2D eigenvalue weighted by Crippen LogP contribution is 2.45. The molecule has 0 atom stereocenters. The third-order valence-corrected chi connectivity index (χ3v) is 2.85. The predicted molar refractivity (Wildman–Crippen MR) is 40.2 cm³/mol. The van der Waals surface area contributed by atoms with Crippen LogP contribution in [0.5, 0.6) is 0 Å². The molecule has 0 radical (unpaired) electrons. The zero-order chi connectivity index (χ0) is 7.07. The van der Waals surface area contributed by atoms with Crippen molar-refractivity contribution in [2.45, 2.75) is 39.7 Å². The van der Waals surface area contributed by atoms with Crippen LogP contribution < -0.4 is 5.73 Å². The molecule has 1 rings (SSSR count). The molecule has 0 spiro atoms. The summed E-state index contributed by atoms with van der Waals surface area (Å²) in [5, 5.41) is 0. The quantitative estimate of drug-likeness (QED) is 0.570. The van der Waals surface area contributed by atoms with Gasteiger partial charge in [0.1, 0.15) is 0 Å². The van der Waals surface area contributed by atoms with Crippen molar-refractivity contribution in [2.24, 2.45) is 17.1 Å². The second kappa shape index (κ2) is 1.98. The summed E-state index contributed by atoms with van der Waals surface area (Å²) in [7, 11) is 0. The van der Waals surface area contributed by atoms with Crippen LogP contribution >= 0.6 is 0 Å². The lowest BCUT2D eigenvalue weighted by Gasteiger charge is -2.46. The summed E-state index contributed by atoms with van der Waals surface area (Å²) in [5.74, 6) is 0.803. The van der Waals surface area contributed by atoms with E-state index in [0.29, 0.717) is 11.5 Å². The molecule has 0 aliphatic heterocycles. The Hall–Kier alpha value is -0.0400.